The first-order chi connectivity index (χ1) is 9.61. The van der Waals surface area contributed by atoms with Crippen molar-refractivity contribution in [1.29, 1.82) is 0 Å². The zero-order valence-corrected chi connectivity index (χ0v) is 12.5. The number of carbonyl (C=O) groups excluding carboxylic acids is 2. The number of fused-ring (bicyclic) bond motifs is 1. The second kappa shape index (κ2) is 5.07. The number of thiophene rings is 1. The number of anilines is 1. The predicted molar refractivity (Wildman–Crippen MR) is 79.9 cm³/mol. The van der Waals surface area contributed by atoms with Crippen molar-refractivity contribution in [1.82, 2.24) is 5.32 Å². The summed E-state index contributed by atoms with van der Waals surface area (Å²) in [5, 5.41) is 5.33. The van der Waals surface area contributed by atoms with Crippen LogP contribution in [0.2, 0.25) is 0 Å². The third-order valence-electron chi connectivity index (χ3n) is 3.43. The molecule has 0 spiro atoms. The molecule has 0 saturated carbocycles. The van der Waals surface area contributed by atoms with Gasteiger partial charge in [0.05, 0.1) is 23.5 Å². The molecule has 0 saturated heterocycles. The van der Waals surface area contributed by atoms with Gasteiger partial charge >= 0.3 is 0 Å². The molecule has 6 heteroatoms. The third-order valence-corrected chi connectivity index (χ3v) is 4.61. The van der Waals surface area contributed by atoms with E-state index in [4.69, 9.17) is 11.6 Å². The molecule has 1 aliphatic heterocycles. The van der Waals surface area contributed by atoms with Crippen molar-refractivity contribution in [3.63, 3.8) is 0 Å². The Bertz CT molecular complexity index is 660. The summed E-state index contributed by atoms with van der Waals surface area (Å²) in [5.74, 6) is -0.313. The Hall–Kier alpha value is -1.59. The quantitative estimate of drug-likeness (QED) is 0.811. The standard InChI is InChI=1S/C14H13ClN2O2S/c1-8-14-9(7-20-8)6-16-11-3-2-10(18)4-12(11)17(14)13(19)5-15/h2-3,7,16H,4-6H2,1H3. The van der Waals surface area contributed by atoms with Crippen molar-refractivity contribution in [2.75, 3.05) is 10.8 Å². The van der Waals surface area contributed by atoms with E-state index in [9.17, 15) is 9.59 Å². The van der Waals surface area contributed by atoms with Crippen molar-refractivity contribution >= 4 is 40.3 Å². The Morgan fingerprint density at radius 1 is 1.50 bits per heavy atom. The summed E-state index contributed by atoms with van der Waals surface area (Å²) in [6.07, 6.45) is 3.50. The lowest BCUT2D eigenvalue weighted by atomic mass is 10.1. The molecule has 0 aromatic carbocycles. The van der Waals surface area contributed by atoms with Gasteiger partial charge in [0.15, 0.2) is 5.78 Å². The number of halogens is 1. The lowest BCUT2D eigenvalue weighted by Gasteiger charge is -2.26. The van der Waals surface area contributed by atoms with Crippen LogP contribution >= 0.6 is 22.9 Å². The van der Waals surface area contributed by atoms with Crippen LogP contribution in [0.25, 0.3) is 0 Å². The zero-order valence-electron chi connectivity index (χ0n) is 10.9. The summed E-state index contributed by atoms with van der Waals surface area (Å²) < 4.78 is 0. The Morgan fingerprint density at radius 3 is 3.05 bits per heavy atom. The van der Waals surface area contributed by atoms with Crippen LogP contribution in [0.1, 0.15) is 16.9 Å². The van der Waals surface area contributed by atoms with Crippen LogP contribution in [0.3, 0.4) is 0 Å². The van der Waals surface area contributed by atoms with E-state index in [1.165, 1.54) is 0 Å². The first-order valence-corrected chi connectivity index (χ1v) is 7.67. The number of alkyl halides is 1. The maximum atomic E-state index is 12.3. The zero-order chi connectivity index (χ0) is 14.3. The summed E-state index contributed by atoms with van der Waals surface area (Å²) >= 11 is 7.36. The van der Waals surface area contributed by atoms with E-state index in [-0.39, 0.29) is 24.0 Å². The van der Waals surface area contributed by atoms with Crippen LogP contribution in [-0.2, 0) is 16.1 Å². The number of hydrogen-bond acceptors (Lipinski definition) is 4. The van der Waals surface area contributed by atoms with E-state index in [1.807, 2.05) is 12.3 Å². The van der Waals surface area contributed by atoms with Crippen molar-refractivity contribution in [2.24, 2.45) is 0 Å². The van der Waals surface area contributed by atoms with Crippen LogP contribution in [0.5, 0.6) is 0 Å². The Kier molecular flexibility index (Phi) is 3.40. The Balaban J connectivity index is 2.18. The van der Waals surface area contributed by atoms with E-state index in [2.05, 4.69) is 5.32 Å². The maximum absolute atomic E-state index is 12.3. The average molecular weight is 309 g/mol. The van der Waals surface area contributed by atoms with Gasteiger partial charge in [-0.15, -0.1) is 22.9 Å². The molecule has 0 bridgehead atoms. The molecule has 1 aromatic rings. The van der Waals surface area contributed by atoms with E-state index < -0.39 is 0 Å². The highest BCUT2D eigenvalue weighted by atomic mass is 35.5. The predicted octanol–water partition coefficient (Wildman–Crippen LogP) is 2.47. The minimum atomic E-state index is -0.200. The molecular formula is C14H13ClN2O2S. The Labute approximate surface area is 125 Å². The summed E-state index contributed by atoms with van der Waals surface area (Å²) in [5.41, 5.74) is 3.45. The van der Waals surface area contributed by atoms with Gasteiger partial charge in [0.25, 0.3) is 0 Å². The molecule has 1 N–H and O–H groups in total. The van der Waals surface area contributed by atoms with Crippen LogP contribution in [0.15, 0.2) is 28.9 Å². The number of aryl methyl sites for hydroxylation is 1. The van der Waals surface area contributed by atoms with Gasteiger partial charge < -0.3 is 5.32 Å². The van der Waals surface area contributed by atoms with E-state index in [0.717, 1.165) is 21.8 Å². The lowest BCUT2D eigenvalue weighted by Crippen LogP contribution is -2.34. The van der Waals surface area contributed by atoms with E-state index >= 15 is 0 Å². The van der Waals surface area contributed by atoms with Gasteiger partial charge in [0, 0.05) is 17.0 Å². The highest BCUT2D eigenvalue weighted by molar-refractivity contribution is 7.10. The fourth-order valence-corrected chi connectivity index (χ4v) is 3.50. The lowest BCUT2D eigenvalue weighted by molar-refractivity contribution is -0.116. The van der Waals surface area contributed by atoms with Gasteiger partial charge in [0.1, 0.15) is 5.88 Å². The van der Waals surface area contributed by atoms with Gasteiger partial charge in [-0.05, 0) is 24.5 Å². The molecule has 20 heavy (non-hydrogen) atoms. The molecule has 2 aliphatic rings. The molecule has 1 aromatic heterocycles. The molecular weight excluding hydrogens is 296 g/mol. The molecule has 0 unspecified atom stereocenters. The summed E-state index contributed by atoms with van der Waals surface area (Å²) in [7, 11) is 0. The second-order valence-corrected chi connectivity index (χ2v) is 6.07. The van der Waals surface area contributed by atoms with Gasteiger partial charge in [-0.1, -0.05) is 0 Å². The summed E-state index contributed by atoms with van der Waals surface area (Å²) in [6, 6.07) is 0. The van der Waals surface area contributed by atoms with Gasteiger partial charge in [0.2, 0.25) is 5.91 Å². The fourth-order valence-electron chi connectivity index (χ4n) is 2.54. The molecule has 1 amide bonds. The van der Waals surface area contributed by atoms with Crippen molar-refractivity contribution in [3.8, 4) is 0 Å². The van der Waals surface area contributed by atoms with Crippen molar-refractivity contribution < 1.29 is 9.59 Å². The molecule has 0 atom stereocenters. The monoisotopic (exact) mass is 308 g/mol. The van der Waals surface area contributed by atoms with Crippen LogP contribution < -0.4 is 10.2 Å². The fraction of sp³-hybridized carbons (Fsp3) is 0.286. The number of carbonyl (C=O) groups is 2. The minimum Gasteiger partial charge on any atom is -0.379 e. The molecule has 4 nitrogen and oxygen atoms in total. The number of hydrogen-bond donors (Lipinski definition) is 1. The number of nitrogens with zero attached hydrogens (tertiary/aromatic N) is 1. The van der Waals surface area contributed by atoms with Gasteiger partial charge in [-0.2, -0.15) is 0 Å². The number of ketones is 1. The van der Waals surface area contributed by atoms with Crippen LogP contribution in [-0.4, -0.2) is 17.6 Å². The molecule has 3 rings (SSSR count). The molecule has 1 aliphatic carbocycles. The second-order valence-electron chi connectivity index (χ2n) is 4.72. The minimum absolute atomic E-state index is 0.00532. The average Bonchev–Trinajstić information content (AvgIpc) is 2.71. The summed E-state index contributed by atoms with van der Waals surface area (Å²) in [4.78, 5) is 26.7. The molecule has 0 radical (unpaired) electrons. The Morgan fingerprint density at radius 2 is 2.30 bits per heavy atom. The number of amides is 1. The number of allylic oxidation sites excluding steroid dienone is 3. The smallest absolute Gasteiger partial charge is 0.246 e. The van der Waals surface area contributed by atoms with E-state index in [1.54, 1.807) is 28.4 Å². The molecule has 0 fully saturated rings. The highest BCUT2D eigenvalue weighted by Crippen LogP contribution is 2.38. The molecule has 104 valence electrons. The van der Waals surface area contributed by atoms with Gasteiger partial charge in [-0.25, -0.2) is 0 Å². The first kappa shape index (κ1) is 13.4. The number of nitrogens with one attached hydrogen (secondary N) is 1. The topological polar surface area (TPSA) is 49.4 Å². The van der Waals surface area contributed by atoms with Crippen LogP contribution in [0.4, 0.5) is 5.69 Å². The van der Waals surface area contributed by atoms with Crippen molar-refractivity contribution in [3.05, 3.63) is 39.4 Å². The van der Waals surface area contributed by atoms with Crippen LogP contribution in [0, 0.1) is 6.92 Å². The third kappa shape index (κ3) is 2.07. The highest BCUT2D eigenvalue weighted by Gasteiger charge is 2.31. The number of rotatable bonds is 1. The largest absolute Gasteiger partial charge is 0.379 e. The van der Waals surface area contributed by atoms with Gasteiger partial charge in [-0.3, -0.25) is 14.5 Å². The SMILES string of the molecule is Cc1scc2c1N(C(=O)CCl)C1=C(C=CC(=O)C1)NC2. The normalized spacial score (nSPS) is 17.5. The maximum Gasteiger partial charge on any atom is 0.246 e. The van der Waals surface area contributed by atoms with E-state index in [0.29, 0.717) is 12.2 Å². The summed E-state index contributed by atoms with van der Waals surface area (Å²) in [6.45, 7) is 2.62. The van der Waals surface area contributed by atoms with Crippen molar-refractivity contribution in [2.45, 2.75) is 19.9 Å². The molecule has 2 heterocycles. The first-order valence-electron chi connectivity index (χ1n) is 6.25.